The first-order chi connectivity index (χ1) is 10.1. The number of nitrogens with zero attached hydrogens (tertiary/aromatic N) is 3. The second-order valence-corrected chi connectivity index (χ2v) is 5.21. The molecule has 5 heteroatoms. The molecule has 0 aliphatic carbocycles. The van der Waals surface area contributed by atoms with Gasteiger partial charge in [-0.3, -0.25) is 9.59 Å². The molecule has 1 aliphatic heterocycles. The molecule has 21 heavy (non-hydrogen) atoms. The maximum atomic E-state index is 12.3. The number of piperidine rings is 1. The smallest absolute Gasteiger partial charge is 0.242 e. The lowest BCUT2D eigenvalue weighted by Gasteiger charge is -2.29. The molecule has 0 saturated carbocycles. The van der Waals surface area contributed by atoms with Crippen LogP contribution in [0.5, 0.6) is 0 Å². The average Bonchev–Trinajstić information content (AvgIpc) is 2.53. The Bertz CT molecular complexity index is 571. The number of nitriles is 1. The van der Waals surface area contributed by atoms with E-state index in [9.17, 15) is 9.59 Å². The molecule has 1 fully saturated rings. The second-order valence-electron chi connectivity index (χ2n) is 5.21. The SMILES string of the molecule is CC(=O)N(CC(=O)N1CCCCC1)c1cccc(C#N)c1. The first-order valence-electron chi connectivity index (χ1n) is 7.18. The van der Waals surface area contributed by atoms with Gasteiger partial charge in [0.15, 0.2) is 0 Å². The van der Waals surface area contributed by atoms with E-state index in [0.717, 1.165) is 32.4 Å². The third-order valence-corrected chi connectivity index (χ3v) is 3.67. The van der Waals surface area contributed by atoms with E-state index in [-0.39, 0.29) is 18.4 Å². The van der Waals surface area contributed by atoms with Crippen LogP contribution >= 0.6 is 0 Å². The van der Waals surface area contributed by atoms with Crippen molar-refractivity contribution in [1.82, 2.24) is 4.90 Å². The lowest BCUT2D eigenvalue weighted by Crippen LogP contribution is -2.44. The Morgan fingerprint density at radius 3 is 2.62 bits per heavy atom. The van der Waals surface area contributed by atoms with E-state index in [1.165, 1.54) is 11.8 Å². The molecule has 0 N–H and O–H groups in total. The summed E-state index contributed by atoms with van der Waals surface area (Å²) in [6, 6.07) is 8.81. The first kappa shape index (κ1) is 15.0. The van der Waals surface area contributed by atoms with Crippen molar-refractivity contribution in [3.8, 4) is 6.07 Å². The van der Waals surface area contributed by atoms with Gasteiger partial charge in [0, 0.05) is 25.7 Å². The van der Waals surface area contributed by atoms with Crippen LogP contribution in [0.2, 0.25) is 0 Å². The summed E-state index contributed by atoms with van der Waals surface area (Å²) in [6.45, 7) is 3.00. The summed E-state index contributed by atoms with van der Waals surface area (Å²) in [6.07, 6.45) is 3.20. The minimum absolute atomic E-state index is 0.0320. The quantitative estimate of drug-likeness (QED) is 0.852. The normalized spacial score (nSPS) is 14.4. The number of rotatable bonds is 3. The van der Waals surface area contributed by atoms with Crippen molar-refractivity contribution in [2.45, 2.75) is 26.2 Å². The predicted octanol–water partition coefficient (Wildman–Crippen LogP) is 1.92. The lowest BCUT2D eigenvalue weighted by molar-refractivity contribution is -0.132. The van der Waals surface area contributed by atoms with E-state index < -0.39 is 0 Å². The molecule has 1 saturated heterocycles. The molecule has 0 aromatic heterocycles. The van der Waals surface area contributed by atoms with Gasteiger partial charge in [0.05, 0.1) is 11.6 Å². The third-order valence-electron chi connectivity index (χ3n) is 3.67. The number of benzene rings is 1. The molecule has 2 rings (SSSR count). The largest absolute Gasteiger partial charge is 0.341 e. The van der Waals surface area contributed by atoms with Crippen LogP contribution in [0.15, 0.2) is 24.3 Å². The van der Waals surface area contributed by atoms with Gasteiger partial charge in [-0.05, 0) is 37.5 Å². The first-order valence-corrected chi connectivity index (χ1v) is 7.18. The Hall–Kier alpha value is -2.35. The Balaban J connectivity index is 2.13. The molecule has 2 amide bonds. The van der Waals surface area contributed by atoms with Gasteiger partial charge < -0.3 is 9.80 Å². The van der Waals surface area contributed by atoms with Crippen LogP contribution in [0.4, 0.5) is 5.69 Å². The Morgan fingerprint density at radius 1 is 1.29 bits per heavy atom. The van der Waals surface area contributed by atoms with Gasteiger partial charge >= 0.3 is 0 Å². The summed E-state index contributed by atoms with van der Waals surface area (Å²) in [5.41, 5.74) is 1.07. The highest BCUT2D eigenvalue weighted by Crippen LogP contribution is 2.17. The predicted molar refractivity (Wildman–Crippen MR) is 79.6 cm³/mol. The number of likely N-dealkylation sites (tertiary alicyclic amines) is 1. The number of hydrogen-bond donors (Lipinski definition) is 0. The van der Waals surface area contributed by atoms with Crippen LogP contribution < -0.4 is 4.90 Å². The summed E-state index contributed by atoms with van der Waals surface area (Å²) in [7, 11) is 0. The van der Waals surface area contributed by atoms with Crippen LogP contribution in [-0.4, -0.2) is 36.3 Å². The van der Waals surface area contributed by atoms with Crippen LogP contribution in [0, 0.1) is 11.3 Å². The van der Waals surface area contributed by atoms with Crippen LogP contribution in [0.25, 0.3) is 0 Å². The van der Waals surface area contributed by atoms with Gasteiger partial charge in [0.2, 0.25) is 11.8 Å². The molecular weight excluding hydrogens is 266 g/mol. The van der Waals surface area contributed by atoms with Gasteiger partial charge in [0.25, 0.3) is 0 Å². The van der Waals surface area contributed by atoms with E-state index in [4.69, 9.17) is 5.26 Å². The van der Waals surface area contributed by atoms with Crippen molar-refractivity contribution < 1.29 is 9.59 Å². The molecule has 5 nitrogen and oxygen atoms in total. The van der Waals surface area contributed by atoms with Gasteiger partial charge in [-0.1, -0.05) is 6.07 Å². The van der Waals surface area contributed by atoms with Gasteiger partial charge in [-0.15, -0.1) is 0 Å². The average molecular weight is 285 g/mol. The molecule has 0 bridgehead atoms. The molecule has 0 unspecified atom stereocenters. The van der Waals surface area contributed by atoms with Crippen molar-refractivity contribution >= 4 is 17.5 Å². The zero-order valence-corrected chi connectivity index (χ0v) is 12.2. The van der Waals surface area contributed by atoms with Gasteiger partial charge in [-0.25, -0.2) is 0 Å². The Labute approximate surface area is 124 Å². The van der Waals surface area contributed by atoms with Crippen molar-refractivity contribution in [3.63, 3.8) is 0 Å². The molecule has 1 aromatic carbocycles. The maximum absolute atomic E-state index is 12.3. The minimum atomic E-state index is -0.199. The van der Waals surface area contributed by atoms with Crippen molar-refractivity contribution in [1.29, 1.82) is 5.26 Å². The van der Waals surface area contributed by atoms with E-state index in [1.807, 2.05) is 11.0 Å². The summed E-state index contributed by atoms with van der Waals surface area (Å²) in [4.78, 5) is 27.4. The van der Waals surface area contributed by atoms with Crippen molar-refractivity contribution in [3.05, 3.63) is 29.8 Å². The molecule has 1 heterocycles. The lowest BCUT2D eigenvalue weighted by atomic mass is 10.1. The number of hydrogen-bond acceptors (Lipinski definition) is 3. The molecule has 0 spiro atoms. The number of anilines is 1. The van der Waals surface area contributed by atoms with Crippen LogP contribution in [0.3, 0.4) is 0 Å². The molecular formula is C16H19N3O2. The van der Waals surface area contributed by atoms with E-state index in [1.54, 1.807) is 24.3 Å². The highest BCUT2D eigenvalue weighted by atomic mass is 16.2. The fourth-order valence-corrected chi connectivity index (χ4v) is 2.51. The fourth-order valence-electron chi connectivity index (χ4n) is 2.51. The highest BCUT2D eigenvalue weighted by Gasteiger charge is 2.21. The summed E-state index contributed by atoms with van der Waals surface area (Å²) in [5, 5.41) is 8.94. The Kier molecular flexibility index (Phi) is 4.94. The number of carbonyl (C=O) groups is 2. The zero-order valence-electron chi connectivity index (χ0n) is 12.2. The van der Waals surface area contributed by atoms with Crippen molar-refractivity contribution in [2.24, 2.45) is 0 Å². The number of carbonyl (C=O) groups excluding carboxylic acids is 2. The molecule has 1 aromatic rings. The van der Waals surface area contributed by atoms with Gasteiger partial charge in [-0.2, -0.15) is 5.26 Å². The zero-order chi connectivity index (χ0) is 15.2. The third kappa shape index (κ3) is 3.82. The van der Waals surface area contributed by atoms with E-state index in [2.05, 4.69) is 0 Å². The minimum Gasteiger partial charge on any atom is -0.341 e. The molecule has 110 valence electrons. The van der Waals surface area contributed by atoms with Gasteiger partial charge in [0.1, 0.15) is 6.54 Å². The standard InChI is InChI=1S/C16H19N3O2/c1-13(20)19(15-7-5-6-14(10-15)11-17)12-16(21)18-8-3-2-4-9-18/h5-7,10H,2-4,8-9,12H2,1H3. The molecule has 1 aliphatic rings. The number of amides is 2. The second kappa shape index (κ2) is 6.89. The van der Waals surface area contributed by atoms with E-state index in [0.29, 0.717) is 11.3 Å². The summed E-state index contributed by atoms with van der Waals surface area (Å²) in [5.74, 6) is -0.234. The highest BCUT2D eigenvalue weighted by molar-refractivity contribution is 5.97. The topological polar surface area (TPSA) is 64.4 Å². The van der Waals surface area contributed by atoms with Crippen LogP contribution in [-0.2, 0) is 9.59 Å². The monoisotopic (exact) mass is 285 g/mol. The molecule has 0 radical (unpaired) electrons. The van der Waals surface area contributed by atoms with E-state index >= 15 is 0 Å². The summed E-state index contributed by atoms with van der Waals surface area (Å²) < 4.78 is 0. The summed E-state index contributed by atoms with van der Waals surface area (Å²) >= 11 is 0. The Morgan fingerprint density at radius 2 is 2.00 bits per heavy atom. The van der Waals surface area contributed by atoms with Crippen LogP contribution in [0.1, 0.15) is 31.7 Å². The molecule has 0 atom stereocenters. The maximum Gasteiger partial charge on any atom is 0.242 e. The van der Waals surface area contributed by atoms with Crippen molar-refractivity contribution in [2.75, 3.05) is 24.5 Å². The fraction of sp³-hybridized carbons (Fsp3) is 0.438.